The monoisotopic (exact) mass is 266 g/mol. The molecule has 1 fully saturated rings. The van der Waals surface area contributed by atoms with Gasteiger partial charge < -0.3 is 15.5 Å². The molecule has 4 nitrogen and oxygen atoms in total. The van der Waals surface area contributed by atoms with Crippen LogP contribution in [0.15, 0.2) is 24.3 Å². The number of amides is 2. The van der Waals surface area contributed by atoms with Crippen molar-refractivity contribution in [3.05, 3.63) is 30.1 Å². The highest BCUT2D eigenvalue weighted by molar-refractivity contribution is 5.89. The van der Waals surface area contributed by atoms with Gasteiger partial charge in [-0.2, -0.15) is 0 Å². The first kappa shape index (κ1) is 13.8. The molecular formula is C14H21FN3O+. The van der Waals surface area contributed by atoms with Crippen molar-refractivity contribution >= 4 is 11.7 Å². The second-order valence-corrected chi connectivity index (χ2v) is 4.98. The summed E-state index contributed by atoms with van der Waals surface area (Å²) < 4.78 is 12.7. The number of carbonyl (C=O) groups is 1. The van der Waals surface area contributed by atoms with E-state index in [1.165, 1.54) is 12.1 Å². The molecule has 0 saturated carbocycles. The zero-order valence-electron chi connectivity index (χ0n) is 11.2. The van der Waals surface area contributed by atoms with E-state index in [4.69, 9.17) is 0 Å². The Balaban J connectivity index is 1.77. The fourth-order valence-electron chi connectivity index (χ4n) is 2.41. The zero-order chi connectivity index (χ0) is 13.7. The van der Waals surface area contributed by atoms with Crippen molar-refractivity contribution in [3.8, 4) is 0 Å². The lowest BCUT2D eigenvalue weighted by molar-refractivity contribution is -0.903. The number of piperidine rings is 1. The fraction of sp³-hybridized carbons (Fsp3) is 0.500. The van der Waals surface area contributed by atoms with Crippen LogP contribution in [0.3, 0.4) is 0 Å². The molecule has 0 aliphatic carbocycles. The number of benzene rings is 1. The molecule has 0 unspecified atom stereocenters. The number of nitrogens with one attached hydrogen (secondary N) is 3. The van der Waals surface area contributed by atoms with Crippen molar-refractivity contribution in [2.45, 2.75) is 25.8 Å². The number of anilines is 1. The van der Waals surface area contributed by atoms with Gasteiger partial charge in [0, 0.05) is 24.6 Å². The summed E-state index contributed by atoms with van der Waals surface area (Å²) in [6, 6.07) is 5.81. The van der Waals surface area contributed by atoms with Crippen molar-refractivity contribution < 1.29 is 14.1 Å². The Kier molecular flexibility index (Phi) is 4.74. The number of hydrogen-bond donors (Lipinski definition) is 3. The molecule has 5 heteroatoms. The van der Waals surface area contributed by atoms with E-state index in [1.807, 2.05) is 0 Å². The number of carbonyl (C=O) groups excluding carboxylic acids is 1. The van der Waals surface area contributed by atoms with Crippen LogP contribution in [0.1, 0.15) is 19.8 Å². The molecule has 0 atom stereocenters. The zero-order valence-corrected chi connectivity index (χ0v) is 11.2. The first-order valence-corrected chi connectivity index (χ1v) is 6.84. The lowest BCUT2D eigenvalue weighted by Crippen LogP contribution is -3.13. The van der Waals surface area contributed by atoms with E-state index in [9.17, 15) is 9.18 Å². The lowest BCUT2D eigenvalue weighted by Gasteiger charge is -2.28. The van der Waals surface area contributed by atoms with E-state index in [0.29, 0.717) is 5.69 Å². The van der Waals surface area contributed by atoms with E-state index < -0.39 is 0 Å². The molecule has 1 aromatic carbocycles. The summed E-state index contributed by atoms with van der Waals surface area (Å²) in [7, 11) is 0. The molecule has 0 aromatic heterocycles. The maximum Gasteiger partial charge on any atom is 0.319 e. The molecular weight excluding hydrogens is 245 g/mol. The topological polar surface area (TPSA) is 45.6 Å². The van der Waals surface area contributed by atoms with Crippen LogP contribution in [-0.4, -0.2) is 31.7 Å². The number of quaternary nitrogens is 1. The highest BCUT2D eigenvalue weighted by atomic mass is 19.1. The molecule has 19 heavy (non-hydrogen) atoms. The van der Waals surface area contributed by atoms with Gasteiger partial charge in [0.2, 0.25) is 0 Å². The minimum Gasteiger partial charge on any atom is -0.335 e. The van der Waals surface area contributed by atoms with Crippen molar-refractivity contribution in [1.82, 2.24) is 5.32 Å². The fourth-order valence-corrected chi connectivity index (χ4v) is 2.41. The van der Waals surface area contributed by atoms with E-state index in [0.717, 1.165) is 32.5 Å². The third-order valence-corrected chi connectivity index (χ3v) is 3.63. The molecule has 1 heterocycles. The SMILES string of the molecule is CC[NH+]1CCC(NC(=O)Nc2ccc(F)cc2)CC1. The summed E-state index contributed by atoms with van der Waals surface area (Å²) in [6.45, 7) is 5.55. The van der Waals surface area contributed by atoms with Gasteiger partial charge >= 0.3 is 6.03 Å². The van der Waals surface area contributed by atoms with E-state index in [1.54, 1.807) is 17.0 Å². The normalized spacial score (nSPS) is 22.8. The van der Waals surface area contributed by atoms with Gasteiger partial charge in [-0.25, -0.2) is 9.18 Å². The van der Waals surface area contributed by atoms with Gasteiger partial charge in [0.25, 0.3) is 0 Å². The van der Waals surface area contributed by atoms with Crippen LogP contribution in [-0.2, 0) is 0 Å². The molecule has 1 aromatic rings. The van der Waals surface area contributed by atoms with Crippen molar-refractivity contribution in [2.24, 2.45) is 0 Å². The summed E-state index contributed by atoms with van der Waals surface area (Å²) in [5.74, 6) is -0.305. The summed E-state index contributed by atoms with van der Waals surface area (Å²) in [4.78, 5) is 13.4. The van der Waals surface area contributed by atoms with Crippen LogP contribution >= 0.6 is 0 Å². The Hall–Kier alpha value is -1.62. The Labute approximate surface area is 113 Å². The summed E-state index contributed by atoms with van der Waals surface area (Å²) >= 11 is 0. The summed E-state index contributed by atoms with van der Waals surface area (Å²) in [5, 5.41) is 5.69. The van der Waals surface area contributed by atoms with E-state index >= 15 is 0 Å². The Morgan fingerprint density at radius 3 is 2.53 bits per heavy atom. The van der Waals surface area contributed by atoms with Gasteiger partial charge in [-0.05, 0) is 31.2 Å². The Morgan fingerprint density at radius 1 is 1.32 bits per heavy atom. The number of urea groups is 1. The average molecular weight is 266 g/mol. The van der Waals surface area contributed by atoms with Crippen LogP contribution in [0.5, 0.6) is 0 Å². The Bertz CT molecular complexity index is 413. The molecule has 2 amide bonds. The third kappa shape index (κ3) is 4.21. The number of rotatable bonds is 3. The van der Waals surface area contributed by atoms with Crippen molar-refractivity contribution in [3.63, 3.8) is 0 Å². The second-order valence-electron chi connectivity index (χ2n) is 4.98. The first-order chi connectivity index (χ1) is 9.17. The van der Waals surface area contributed by atoms with E-state index in [-0.39, 0.29) is 17.9 Å². The first-order valence-electron chi connectivity index (χ1n) is 6.84. The number of halogens is 1. The molecule has 1 aliphatic rings. The average Bonchev–Trinajstić information content (AvgIpc) is 2.42. The highest BCUT2D eigenvalue weighted by Gasteiger charge is 2.22. The summed E-state index contributed by atoms with van der Waals surface area (Å²) in [6.07, 6.45) is 2.03. The molecule has 0 bridgehead atoms. The van der Waals surface area contributed by atoms with Crippen LogP contribution < -0.4 is 15.5 Å². The van der Waals surface area contributed by atoms with Gasteiger partial charge in [0.05, 0.1) is 19.6 Å². The van der Waals surface area contributed by atoms with Crippen molar-refractivity contribution in [2.75, 3.05) is 25.0 Å². The van der Waals surface area contributed by atoms with Gasteiger partial charge in [0.1, 0.15) is 5.82 Å². The third-order valence-electron chi connectivity index (χ3n) is 3.63. The summed E-state index contributed by atoms with van der Waals surface area (Å²) in [5.41, 5.74) is 0.607. The van der Waals surface area contributed by atoms with Crippen LogP contribution in [0, 0.1) is 5.82 Å². The molecule has 0 spiro atoms. The largest absolute Gasteiger partial charge is 0.335 e. The lowest BCUT2D eigenvalue weighted by atomic mass is 10.1. The molecule has 0 radical (unpaired) electrons. The van der Waals surface area contributed by atoms with Gasteiger partial charge in [-0.1, -0.05) is 0 Å². The minimum atomic E-state index is -0.305. The highest BCUT2D eigenvalue weighted by Crippen LogP contribution is 2.08. The van der Waals surface area contributed by atoms with Crippen LogP contribution in [0.4, 0.5) is 14.9 Å². The minimum absolute atomic E-state index is 0.212. The second kappa shape index (κ2) is 6.52. The van der Waals surface area contributed by atoms with Gasteiger partial charge in [0.15, 0.2) is 0 Å². The molecule has 3 N–H and O–H groups in total. The standard InChI is InChI=1S/C14H20FN3O/c1-2-18-9-7-13(8-10-18)17-14(19)16-12-5-3-11(15)4-6-12/h3-6,13H,2,7-10H2,1H3,(H2,16,17,19)/p+1. The van der Waals surface area contributed by atoms with Crippen LogP contribution in [0.25, 0.3) is 0 Å². The quantitative estimate of drug-likeness (QED) is 0.751. The predicted octanol–water partition coefficient (Wildman–Crippen LogP) is 1.01. The molecule has 2 rings (SSSR count). The smallest absolute Gasteiger partial charge is 0.319 e. The molecule has 1 aliphatic heterocycles. The van der Waals surface area contributed by atoms with Gasteiger partial charge in [-0.3, -0.25) is 0 Å². The number of likely N-dealkylation sites (tertiary alicyclic amines) is 1. The maximum atomic E-state index is 12.7. The van der Waals surface area contributed by atoms with Crippen LogP contribution in [0.2, 0.25) is 0 Å². The van der Waals surface area contributed by atoms with Gasteiger partial charge in [-0.15, -0.1) is 0 Å². The molecule has 1 saturated heterocycles. The predicted molar refractivity (Wildman–Crippen MR) is 72.8 cm³/mol. The number of hydrogen-bond acceptors (Lipinski definition) is 1. The van der Waals surface area contributed by atoms with E-state index in [2.05, 4.69) is 17.6 Å². The van der Waals surface area contributed by atoms with Crippen molar-refractivity contribution in [1.29, 1.82) is 0 Å². The molecule has 104 valence electrons. The Morgan fingerprint density at radius 2 is 1.95 bits per heavy atom. The maximum absolute atomic E-state index is 12.7.